The summed E-state index contributed by atoms with van der Waals surface area (Å²) in [4.78, 5) is 5.25. The molecule has 0 N–H and O–H groups in total. The molecule has 0 aliphatic carbocycles. The van der Waals surface area contributed by atoms with Crippen molar-refractivity contribution >= 4 is 65.0 Å². The lowest BCUT2D eigenvalue weighted by Gasteiger charge is -2.52. The molecule has 2 nitrogen and oxygen atoms in total. The van der Waals surface area contributed by atoms with Crippen LogP contribution in [0.1, 0.15) is 11.1 Å². The van der Waals surface area contributed by atoms with Gasteiger partial charge in [-0.2, -0.15) is 0 Å². The summed E-state index contributed by atoms with van der Waals surface area (Å²) in [5, 5.41) is 2.84. The maximum atomic E-state index is 2.80. The van der Waals surface area contributed by atoms with Crippen LogP contribution in [0.3, 0.4) is 0 Å². The lowest BCUT2D eigenvalue weighted by atomic mass is 10.0. The Hall–Kier alpha value is -4.16. The number of hydrogen-bond acceptors (Lipinski definition) is 4. The molecule has 0 aromatic heterocycles. The summed E-state index contributed by atoms with van der Waals surface area (Å²) in [6, 6.07) is 54.7. The first-order chi connectivity index (χ1) is 20.8. The number of rotatable bonds is 0. The van der Waals surface area contributed by atoms with Gasteiger partial charge in [0.2, 0.25) is 0 Å². The van der Waals surface area contributed by atoms with Gasteiger partial charge in [-0.1, -0.05) is 121 Å². The van der Waals surface area contributed by atoms with E-state index < -0.39 is 8.40 Å². The van der Waals surface area contributed by atoms with Crippen molar-refractivity contribution in [1.29, 1.82) is 0 Å². The average Bonchev–Trinajstić information content (AvgIpc) is 3.24. The van der Waals surface area contributed by atoms with Crippen LogP contribution in [0.15, 0.2) is 165 Å². The molecule has 0 amide bonds. The first-order valence-corrected chi connectivity index (χ1v) is 17.9. The fraction of sp³-hybridized carbons (Fsp3) is 0.0270. The van der Waals surface area contributed by atoms with Crippen molar-refractivity contribution in [1.82, 2.24) is 0 Å². The fourth-order valence-corrected chi connectivity index (χ4v) is 15.5. The van der Waals surface area contributed by atoms with E-state index in [0.29, 0.717) is 0 Å². The summed E-state index contributed by atoms with van der Waals surface area (Å²) in [6.45, 7) is 0. The van der Waals surface area contributed by atoms with E-state index in [1.54, 1.807) is 0 Å². The third kappa shape index (κ3) is 3.36. The van der Waals surface area contributed by atoms with E-state index in [4.69, 9.17) is 0 Å². The van der Waals surface area contributed by atoms with Crippen LogP contribution in [0.2, 0.25) is 0 Å². The van der Waals surface area contributed by atoms with Gasteiger partial charge in [0.25, 0.3) is 0 Å². The van der Waals surface area contributed by atoms with Crippen molar-refractivity contribution in [3.63, 3.8) is 0 Å². The highest BCUT2D eigenvalue weighted by atomic mass is 32.2. The van der Waals surface area contributed by atoms with Gasteiger partial charge in [0.05, 0.1) is 0 Å². The van der Waals surface area contributed by atoms with Gasteiger partial charge in [-0.05, 0) is 59.7 Å². The van der Waals surface area contributed by atoms with Crippen molar-refractivity contribution in [2.75, 3.05) is 9.13 Å². The van der Waals surface area contributed by atoms with Gasteiger partial charge < -0.3 is 9.13 Å². The zero-order valence-corrected chi connectivity index (χ0v) is 25.4. The molecule has 0 saturated carbocycles. The Morgan fingerprint density at radius 3 is 1.21 bits per heavy atom. The minimum atomic E-state index is -3.12. The molecule has 3 aliphatic rings. The van der Waals surface area contributed by atoms with E-state index >= 15 is 0 Å². The molecule has 0 unspecified atom stereocenters. The van der Waals surface area contributed by atoms with Gasteiger partial charge in [0.1, 0.15) is 0 Å². The summed E-state index contributed by atoms with van der Waals surface area (Å²) in [7, 11) is -3.12. The topological polar surface area (TPSA) is 6.48 Å². The van der Waals surface area contributed by atoms with Gasteiger partial charge in [-0.25, -0.2) is 0 Å². The van der Waals surface area contributed by atoms with Crippen LogP contribution in [-0.2, 0) is 6.42 Å². The molecular formula is C37H26N2S2Si. The predicted molar refractivity (Wildman–Crippen MR) is 179 cm³/mol. The number of nitrogens with zero attached hydrogens (tertiary/aromatic N) is 2. The number of para-hydroxylation sites is 4. The minimum Gasteiger partial charge on any atom is -0.342 e. The molecule has 0 bridgehead atoms. The molecule has 3 aliphatic heterocycles. The first kappa shape index (κ1) is 24.4. The Kier molecular flexibility index (Phi) is 5.49. The van der Waals surface area contributed by atoms with E-state index in [-0.39, 0.29) is 0 Å². The van der Waals surface area contributed by atoms with E-state index in [2.05, 4.69) is 155 Å². The highest BCUT2D eigenvalue weighted by molar-refractivity contribution is 8.00. The van der Waals surface area contributed by atoms with Gasteiger partial charge in [0, 0.05) is 59.1 Å². The summed E-state index contributed by atoms with van der Waals surface area (Å²) in [5.74, 6) is 0. The van der Waals surface area contributed by atoms with E-state index in [0.717, 1.165) is 6.42 Å². The molecular weight excluding hydrogens is 565 g/mol. The zero-order chi connectivity index (χ0) is 27.7. The number of anilines is 4. The first-order valence-electron chi connectivity index (χ1n) is 14.3. The molecule has 200 valence electrons. The smallest absolute Gasteiger partial charge is 0.342 e. The quantitative estimate of drug-likeness (QED) is 0.163. The second kappa shape index (κ2) is 9.43. The van der Waals surface area contributed by atoms with Crippen molar-refractivity contribution in [3.8, 4) is 0 Å². The van der Waals surface area contributed by atoms with Crippen LogP contribution >= 0.6 is 23.5 Å². The fourth-order valence-electron chi connectivity index (χ4n) is 7.03. The second-order valence-electron chi connectivity index (χ2n) is 10.9. The maximum Gasteiger partial charge on any atom is 0.342 e. The van der Waals surface area contributed by atoms with Crippen LogP contribution in [0, 0.1) is 0 Å². The standard InChI is InChI=1S/C37H26N2S2Si/c1-3-15-28-26(13-1)25-27-14-2-4-16-29(27)39-31-18-6-8-20-33(31)41-35-22-10-12-24-37(35)42(39)36-23-11-9-21-34(36)40-32-19-7-5-17-30(32)38(28)42/h1-24H,25H2. The largest absolute Gasteiger partial charge is 0.342 e. The van der Waals surface area contributed by atoms with Gasteiger partial charge in [-0.15, -0.1) is 0 Å². The van der Waals surface area contributed by atoms with Crippen molar-refractivity contribution in [2.45, 2.75) is 26.0 Å². The molecule has 6 aromatic carbocycles. The SMILES string of the molecule is c1ccc2c(c1)Cc1ccccc1N1c3ccccc3Sc3ccccc3[Si]13c1ccccc1Sc1ccccc1N23. The molecule has 3 heterocycles. The van der Waals surface area contributed by atoms with E-state index in [9.17, 15) is 0 Å². The second-order valence-corrected chi connectivity index (χ2v) is 16.4. The monoisotopic (exact) mass is 590 g/mol. The molecule has 9 rings (SSSR count). The van der Waals surface area contributed by atoms with Crippen molar-refractivity contribution in [3.05, 3.63) is 157 Å². The lowest BCUT2D eigenvalue weighted by Crippen LogP contribution is -2.78. The predicted octanol–water partition coefficient (Wildman–Crippen LogP) is 8.75. The normalized spacial score (nSPS) is 15.4. The third-order valence-corrected chi connectivity index (χ3v) is 15.9. The van der Waals surface area contributed by atoms with E-state index in [1.807, 2.05) is 23.5 Å². The van der Waals surface area contributed by atoms with Crippen LogP contribution in [-0.4, -0.2) is 8.40 Å². The minimum absolute atomic E-state index is 0.873. The summed E-state index contributed by atoms with van der Waals surface area (Å²) >= 11 is 3.82. The maximum absolute atomic E-state index is 3.12. The molecule has 0 radical (unpaired) electrons. The number of benzene rings is 6. The molecule has 42 heavy (non-hydrogen) atoms. The summed E-state index contributed by atoms with van der Waals surface area (Å²) in [5.41, 5.74) is 7.87. The lowest BCUT2D eigenvalue weighted by molar-refractivity contribution is 1.10. The number of fused-ring (bicyclic) bond motifs is 10. The Labute approximate surface area is 255 Å². The van der Waals surface area contributed by atoms with Crippen LogP contribution in [0.5, 0.6) is 0 Å². The van der Waals surface area contributed by atoms with Crippen LogP contribution < -0.4 is 19.5 Å². The van der Waals surface area contributed by atoms with Gasteiger partial charge in [-0.3, -0.25) is 0 Å². The molecule has 0 saturated heterocycles. The third-order valence-electron chi connectivity index (χ3n) is 8.67. The Bertz CT molecular complexity index is 1880. The van der Waals surface area contributed by atoms with Crippen LogP contribution in [0.4, 0.5) is 22.7 Å². The number of hydrogen-bond donors (Lipinski definition) is 0. The average molecular weight is 591 g/mol. The highest BCUT2D eigenvalue weighted by Crippen LogP contribution is 2.53. The molecule has 6 aromatic rings. The van der Waals surface area contributed by atoms with Crippen molar-refractivity contribution in [2.24, 2.45) is 0 Å². The van der Waals surface area contributed by atoms with Gasteiger partial charge >= 0.3 is 8.40 Å². The zero-order valence-electron chi connectivity index (χ0n) is 22.8. The molecule has 5 heteroatoms. The molecule has 1 spiro atoms. The Morgan fingerprint density at radius 2 is 0.738 bits per heavy atom. The Balaban J connectivity index is 1.58. The highest BCUT2D eigenvalue weighted by Gasteiger charge is 2.58. The summed E-state index contributed by atoms with van der Waals surface area (Å²) < 4.78 is 5.60. The Morgan fingerprint density at radius 1 is 0.381 bits per heavy atom. The van der Waals surface area contributed by atoms with Crippen LogP contribution in [0.25, 0.3) is 0 Å². The molecule has 0 atom stereocenters. The molecule has 0 fully saturated rings. The summed E-state index contributed by atoms with van der Waals surface area (Å²) in [6.07, 6.45) is 0.873. The van der Waals surface area contributed by atoms with Crippen molar-refractivity contribution < 1.29 is 0 Å². The van der Waals surface area contributed by atoms with Gasteiger partial charge in [0.15, 0.2) is 0 Å². The van der Waals surface area contributed by atoms with E-state index in [1.165, 1.54) is 63.8 Å².